The van der Waals surface area contributed by atoms with Crippen LogP contribution in [0.3, 0.4) is 0 Å². The molecule has 6 heteroatoms. The van der Waals surface area contributed by atoms with Crippen molar-refractivity contribution < 1.29 is 19.1 Å². The SMILES string of the molecule is COC(=O)[C@@H](NC(=O)c1ccc(C=O)[nH]1)C(C)C. The molecule has 1 aromatic rings. The van der Waals surface area contributed by atoms with Gasteiger partial charge in [0.2, 0.25) is 0 Å². The van der Waals surface area contributed by atoms with Gasteiger partial charge in [-0.15, -0.1) is 0 Å². The van der Waals surface area contributed by atoms with Crippen molar-refractivity contribution in [3.8, 4) is 0 Å². The lowest BCUT2D eigenvalue weighted by Crippen LogP contribution is -2.45. The highest BCUT2D eigenvalue weighted by atomic mass is 16.5. The van der Waals surface area contributed by atoms with E-state index in [1.807, 2.05) is 0 Å². The molecule has 0 saturated heterocycles. The highest BCUT2D eigenvalue weighted by Gasteiger charge is 2.25. The molecule has 98 valence electrons. The number of ether oxygens (including phenoxy) is 1. The predicted molar refractivity (Wildman–Crippen MR) is 64.3 cm³/mol. The van der Waals surface area contributed by atoms with E-state index in [2.05, 4.69) is 15.0 Å². The Bertz CT molecular complexity index is 451. The zero-order chi connectivity index (χ0) is 13.7. The zero-order valence-electron chi connectivity index (χ0n) is 10.5. The van der Waals surface area contributed by atoms with Gasteiger partial charge in [0.15, 0.2) is 6.29 Å². The van der Waals surface area contributed by atoms with E-state index in [1.165, 1.54) is 19.2 Å². The van der Waals surface area contributed by atoms with Gasteiger partial charge in [-0.05, 0) is 18.1 Å². The summed E-state index contributed by atoms with van der Waals surface area (Å²) in [6.07, 6.45) is 0.608. The van der Waals surface area contributed by atoms with Gasteiger partial charge in [0.25, 0.3) is 5.91 Å². The third-order valence-corrected chi connectivity index (χ3v) is 2.49. The molecule has 0 aliphatic carbocycles. The molecule has 1 aromatic heterocycles. The number of esters is 1. The van der Waals surface area contributed by atoms with E-state index < -0.39 is 17.9 Å². The molecule has 1 rings (SSSR count). The second-order valence-corrected chi connectivity index (χ2v) is 4.16. The fourth-order valence-corrected chi connectivity index (χ4v) is 1.46. The summed E-state index contributed by atoms with van der Waals surface area (Å²) in [6, 6.07) is 2.25. The van der Waals surface area contributed by atoms with Gasteiger partial charge in [0.1, 0.15) is 11.7 Å². The largest absolute Gasteiger partial charge is 0.467 e. The molecule has 6 nitrogen and oxygen atoms in total. The topological polar surface area (TPSA) is 88.3 Å². The fourth-order valence-electron chi connectivity index (χ4n) is 1.46. The van der Waals surface area contributed by atoms with E-state index in [-0.39, 0.29) is 11.6 Å². The Kier molecular flexibility index (Phi) is 4.65. The lowest BCUT2D eigenvalue weighted by atomic mass is 10.0. The molecule has 0 fully saturated rings. The van der Waals surface area contributed by atoms with Crippen molar-refractivity contribution in [2.75, 3.05) is 7.11 Å². The van der Waals surface area contributed by atoms with Crippen LogP contribution in [0.5, 0.6) is 0 Å². The van der Waals surface area contributed by atoms with Gasteiger partial charge in [0.05, 0.1) is 12.8 Å². The number of aromatic amines is 1. The Labute approximate surface area is 105 Å². The minimum Gasteiger partial charge on any atom is -0.467 e. The number of aldehydes is 1. The van der Waals surface area contributed by atoms with E-state index in [0.717, 1.165) is 0 Å². The van der Waals surface area contributed by atoms with Crippen LogP contribution in [-0.2, 0) is 9.53 Å². The Morgan fingerprint density at radius 1 is 1.39 bits per heavy atom. The number of rotatable bonds is 5. The molecule has 1 amide bonds. The number of hydrogen-bond donors (Lipinski definition) is 2. The van der Waals surface area contributed by atoms with Crippen molar-refractivity contribution in [2.24, 2.45) is 5.92 Å². The third-order valence-electron chi connectivity index (χ3n) is 2.49. The fraction of sp³-hybridized carbons (Fsp3) is 0.417. The van der Waals surface area contributed by atoms with Crippen molar-refractivity contribution in [1.29, 1.82) is 0 Å². The standard InChI is InChI=1S/C12H16N2O4/c1-7(2)10(12(17)18-3)14-11(16)9-5-4-8(6-15)13-9/h4-7,10,13H,1-3H3,(H,14,16)/t10-/m0/s1. The number of carbonyl (C=O) groups is 3. The maximum absolute atomic E-state index is 11.8. The summed E-state index contributed by atoms with van der Waals surface area (Å²) in [6.45, 7) is 3.60. The van der Waals surface area contributed by atoms with Crippen molar-refractivity contribution >= 4 is 18.2 Å². The van der Waals surface area contributed by atoms with Gasteiger partial charge in [-0.1, -0.05) is 13.8 Å². The number of amides is 1. The first kappa shape index (κ1) is 14.0. The first-order valence-corrected chi connectivity index (χ1v) is 5.52. The number of H-pyrrole nitrogens is 1. The van der Waals surface area contributed by atoms with Crippen molar-refractivity contribution in [1.82, 2.24) is 10.3 Å². The van der Waals surface area contributed by atoms with E-state index >= 15 is 0 Å². The smallest absolute Gasteiger partial charge is 0.328 e. The molecule has 18 heavy (non-hydrogen) atoms. The summed E-state index contributed by atoms with van der Waals surface area (Å²) in [5.41, 5.74) is 0.533. The number of nitrogens with one attached hydrogen (secondary N) is 2. The highest BCUT2D eigenvalue weighted by Crippen LogP contribution is 2.06. The van der Waals surface area contributed by atoms with Crippen LogP contribution in [0.25, 0.3) is 0 Å². The lowest BCUT2D eigenvalue weighted by Gasteiger charge is -2.19. The minimum absolute atomic E-state index is 0.0955. The van der Waals surface area contributed by atoms with Gasteiger partial charge in [-0.3, -0.25) is 9.59 Å². The quantitative estimate of drug-likeness (QED) is 0.598. The Hall–Kier alpha value is -2.11. The molecule has 0 radical (unpaired) electrons. The summed E-state index contributed by atoms with van der Waals surface area (Å²) >= 11 is 0. The maximum Gasteiger partial charge on any atom is 0.328 e. The van der Waals surface area contributed by atoms with Gasteiger partial charge >= 0.3 is 5.97 Å². The first-order chi connectivity index (χ1) is 8.49. The highest BCUT2D eigenvalue weighted by molar-refractivity contribution is 5.96. The Morgan fingerprint density at radius 2 is 2.06 bits per heavy atom. The van der Waals surface area contributed by atoms with Crippen LogP contribution >= 0.6 is 0 Å². The molecule has 0 saturated carbocycles. The normalized spacial score (nSPS) is 12.0. The second kappa shape index (κ2) is 6.00. The molecule has 0 unspecified atom stereocenters. The molecule has 2 N–H and O–H groups in total. The van der Waals surface area contributed by atoms with Gasteiger partial charge in [-0.25, -0.2) is 4.79 Å². The predicted octanol–water partition coefficient (Wildman–Crippen LogP) is 0.755. The van der Waals surface area contributed by atoms with Crippen LogP contribution in [-0.4, -0.2) is 36.3 Å². The average molecular weight is 252 g/mol. The summed E-state index contributed by atoms with van der Waals surface area (Å²) in [5.74, 6) is -1.05. The summed E-state index contributed by atoms with van der Waals surface area (Å²) in [4.78, 5) is 36.4. The second-order valence-electron chi connectivity index (χ2n) is 4.16. The van der Waals surface area contributed by atoms with Gasteiger partial charge in [-0.2, -0.15) is 0 Å². The molecule has 0 aromatic carbocycles. The zero-order valence-corrected chi connectivity index (χ0v) is 10.5. The Morgan fingerprint density at radius 3 is 2.50 bits per heavy atom. The minimum atomic E-state index is -0.717. The van der Waals surface area contributed by atoms with E-state index in [9.17, 15) is 14.4 Å². The lowest BCUT2D eigenvalue weighted by molar-refractivity contribution is -0.144. The van der Waals surface area contributed by atoms with Crippen molar-refractivity contribution in [3.05, 3.63) is 23.5 Å². The van der Waals surface area contributed by atoms with Crippen LogP contribution in [0.15, 0.2) is 12.1 Å². The molecule has 0 aliphatic rings. The maximum atomic E-state index is 11.8. The number of carbonyl (C=O) groups excluding carboxylic acids is 3. The molecule has 0 spiro atoms. The van der Waals surface area contributed by atoms with Crippen molar-refractivity contribution in [2.45, 2.75) is 19.9 Å². The molecular weight excluding hydrogens is 236 g/mol. The molecule has 1 atom stereocenters. The molecule has 1 heterocycles. The van der Waals surface area contributed by atoms with Crippen LogP contribution in [0, 0.1) is 5.92 Å². The van der Waals surface area contributed by atoms with Crippen LogP contribution in [0.2, 0.25) is 0 Å². The third kappa shape index (κ3) is 3.19. The van der Waals surface area contributed by atoms with Crippen LogP contribution < -0.4 is 5.32 Å². The van der Waals surface area contributed by atoms with Crippen LogP contribution in [0.1, 0.15) is 34.8 Å². The van der Waals surface area contributed by atoms with Gasteiger partial charge < -0.3 is 15.0 Å². The van der Waals surface area contributed by atoms with Crippen molar-refractivity contribution in [3.63, 3.8) is 0 Å². The first-order valence-electron chi connectivity index (χ1n) is 5.52. The number of methoxy groups -OCH3 is 1. The monoisotopic (exact) mass is 252 g/mol. The molecular formula is C12H16N2O4. The van der Waals surface area contributed by atoms with E-state index in [4.69, 9.17) is 0 Å². The summed E-state index contributed by atoms with van der Waals surface area (Å²) < 4.78 is 4.62. The van der Waals surface area contributed by atoms with Gasteiger partial charge in [0, 0.05) is 0 Å². The molecule has 0 aliphatic heterocycles. The summed E-state index contributed by atoms with van der Waals surface area (Å²) in [7, 11) is 1.27. The molecule has 0 bridgehead atoms. The average Bonchev–Trinajstić information content (AvgIpc) is 2.83. The Balaban J connectivity index is 2.78. The summed E-state index contributed by atoms with van der Waals surface area (Å²) in [5, 5.41) is 2.56. The number of aromatic nitrogens is 1. The number of hydrogen-bond acceptors (Lipinski definition) is 4. The van der Waals surface area contributed by atoms with E-state index in [1.54, 1.807) is 13.8 Å². The van der Waals surface area contributed by atoms with Crippen LogP contribution in [0.4, 0.5) is 0 Å². The van der Waals surface area contributed by atoms with E-state index in [0.29, 0.717) is 12.0 Å².